The lowest BCUT2D eigenvalue weighted by Gasteiger charge is -2.34. The molecule has 2 aliphatic heterocycles. The quantitative estimate of drug-likeness (QED) is 0.786. The minimum absolute atomic E-state index is 0.0413. The largest absolute Gasteiger partial charge is 0.483 e. The molecular weight excluding hydrogens is 257 g/mol. The van der Waals surface area contributed by atoms with Gasteiger partial charge in [-0.15, -0.1) is 0 Å². The number of benzene rings is 1. The van der Waals surface area contributed by atoms with Crippen LogP contribution >= 0.6 is 0 Å². The normalized spacial score (nSPS) is 21.4. The number of carbonyl (C=O) groups is 1. The molecule has 1 aromatic carbocycles. The van der Waals surface area contributed by atoms with E-state index in [-0.39, 0.29) is 17.3 Å². The Balaban J connectivity index is 2.02. The average Bonchev–Trinajstić information content (AvgIpc) is 2.40. The molecule has 3 rings (SSSR count). The minimum Gasteiger partial charge on any atom is -0.483 e. The smallest absolute Gasteiger partial charge is 0.189 e. The van der Waals surface area contributed by atoms with Crippen molar-refractivity contribution < 1.29 is 13.9 Å². The molecule has 2 heterocycles. The molecule has 1 saturated heterocycles. The SMILES string of the molecule is CC1(C)CC(=O)c2ccc(N3CCCCC3)c(F)c2O1. The summed E-state index contributed by atoms with van der Waals surface area (Å²) in [6.07, 6.45) is 3.66. The molecule has 0 unspecified atom stereocenters. The van der Waals surface area contributed by atoms with E-state index in [4.69, 9.17) is 4.74 Å². The van der Waals surface area contributed by atoms with E-state index in [0.29, 0.717) is 17.7 Å². The molecule has 0 aliphatic carbocycles. The Morgan fingerprint density at radius 3 is 2.60 bits per heavy atom. The summed E-state index contributed by atoms with van der Waals surface area (Å²) in [6, 6.07) is 3.43. The number of anilines is 1. The van der Waals surface area contributed by atoms with E-state index in [1.807, 2.05) is 13.8 Å². The van der Waals surface area contributed by atoms with Gasteiger partial charge in [-0.25, -0.2) is 4.39 Å². The second-order valence-electron chi connectivity index (χ2n) is 6.28. The molecule has 0 N–H and O–H groups in total. The molecule has 1 fully saturated rings. The number of Topliss-reactive ketones (excluding diaryl/α,β-unsaturated/α-hetero) is 1. The summed E-state index contributed by atoms with van der Waals surface area (Å²) < 4.78 is 20.5. The average molecular weight is 277 g/mol. The van der Waals surface area contributed by atoms with Crippen LogP contribution in [0.15, 0.2) is 12.1 Å². The lowest BCUT2D eigenvalue weighted by Crippen LogP contribution is -2.37. The summed E-state index contributed by atoms with van der Waals surface area (Å²) in [5.41, 5.74) is 0.308. The van der Waals surface area contributed by atoms with Gasteiger partial charge in [0.05, 0.1) is 17.7 Å². The number of ether oxygens (including phenoxy) is 1. The van der Waals surface area contributed by atoms with Gasteiger partial charge in [-0.3, -0.25) is 4.79 Å². The zero-order chi connectivity index (χ0) is 14.3. The van der Waals surface area contributed by atoms with Gasteiger partial charge >= 0.3 is 0 Å². The third kappa shape index (κ3) is 2.28. The van der Waals surface area contributed by atoms with Crippen molar-refractivity contribution in [2.75, 3.05) is 18.0 Å². The van der Waals surface area contributed by atoms with Crippen molar-refractivity contribution in [3.05, 3.63) is 23.5 Å². The number of hydrogen-bond donors (Lipinski definition) is 0. The fraction of sp³-hybridized carbons (Fsp3) is 0.562. The van der Waals surface area contributed by atoms with Crippen molar-refractivity contribution in [2.24, 2.45) is 0 Å². The van der Waals surface area contributed by atoms with E-state index in [1.54, 1.807) is 12.1 Å². The molecule has 20 heavy (non-hydrogen) atoms. The van der Waals surface area contributed by atoms with Gasteiger partial charge in [-0.2, -0.15) is 0 Å². The molecule has 0 bridgehead atoms. The second kappa shape index (κ2) is 4.76. The Labute approximate surface area is 118 Å². The Morgan fingerprint density at radius 2 is 1.90 bits per heavy atom. The zero-order valence-corrected chi connectivity index (χ0v) is 12.0. The molecule has 108 valence electrons. The van der Waals surface area contributed by atoms with Crippen LogP contribution in [0.2, 0.25) is 0 Å². The van der Waals surface area contributed by atoms with Crippen LogP contribution in [-0.2, 0) is 0 Å². The summed E-state index contributed by atoms with van der Waals surface area (Å²) in [7, 11) is 0. The van der Waals surface area contributed by atoms with Gasteiger partial charge in [0.25, 0.3) is 0 Å². The van der Waals surface area contributed by atoms with Gasteiger partial charge in [0.15, 0.2) is 17.3 Å². The Morgan fingerprint density at radius 1 is 1.20 bits per heavy atom. The Bertz CT molecular complexity index is 548. The minimum atomic E-state index is -0.633. The topological polar surface area (TPSA) is 29.5 Å². The van der Waals surface area contributed by atoms with Gasteiger partial charge in [0, 0.05) is 13.1 Å². The standard InChI is InChI=1S/C16H20FNO2/c1-16(2)10-13(19)11-6-7-12(14(17)15(11)20-16)18-8-4-3-5-9-18/h6-7H,3-5,8-10H2,1-2H3. The van der Waals surface area contributed by atoms with Crippen molar-refractivity contribution in [3.8, 4) is 5.75 Å². The highest BCUT2D eigenvalue weighted by molar-refractivity contribution is 6.00. The van der Waals surface area contributed by atoms with E-state index in [0.717, 1.165) is 25.9 Å². The number of nitrogens with zero attached hydrogens (tertiary/aromatic N) is 1. The molecule has 4 heteroatoms. The van der Waals surface area contributed by atoms with E-state index < -0.39 is 5.60 Å². The highest BCUT2D eigenvalue weighted by atomic mass is 19.1. The molecule has 0 radical (unpaired) electrons. The number of rotatable bonds is 1. The van der Waals surface area contributed by atoms with Crippen molar-refractivity contribution >= 4 is 11.5 Å². The summed E-state index contributed by atoms with van der Waals surface area (Å²) >= 11 is 0. The van der Waals surface area contributed by atoms with Crippen molar-refractivity contribution in [1.29, 1.82) is 0 Å². The molecule has 1 aromatic rings. The molecule has 2 aliphatic rings. The zero-order valence-electron chi connectivity index (χ0n) is 12.0. The van der Waals surface area contributed by atoms with Crippen LogP contribution in [0.1, 0.15) is 49.9 Å². The van der Waals surface area contributed by atoms with Crippen LogP contribution in [0.25, 0.3) is 0 Å². The van der Waals surface area contributed by atoms with E-state index in [9.17, 15) is 9.18 Å². The molecule has 0 aromatic heterocycles. The third-order valence-corrected chi connectivity index (χ3v) is 4.04. The molecule has 3 nitrogen and oxygen atoms in total. The second-order valence-corrected chi connectivity index (χ2v) is 6.28. The van der Waals surface area contributed by atoms with Crippen LogP contribution in [0.3, 0.4) is 0 Å². The van der Waals surface area contributed by atoms with Crippen LogP contribution in [0.5, 0.6) is 5.75 Å². The number of ketones is 1. The summed E-state index contributed by atoms with van der Waals surface area (Å²) in [6.45, 7) is 5.38. The van der Waals surface area contributed by atoms with Gasteiger partial charge in [0.2, 0.25) is 0 Å². The summed E-state index contributed by atoms with van der Waals surface area (Å²) in [5.74, 6) is -0.291. The third-order valence-electron chi connectivity index (χ3n) is 4.04. The number of hydrogen-bond acceptors (Lipinski definition) is 3. The molecule has 0 saturated carbocycles. The maximum Gasteiger partial charge on any atom is 0.189 e. The fourth-order valence-electron chi connectivity index (χ4n) is 3.04. The maximum atomic E-state index is 14.7. The molecule has 0 atom stereocenters. The maximum absolute atomic E-state index is 14.7. The first-order valence-corrected chi connectivity index (χ1v) is 7.28. The highest BCUT2D eigenvalue weighted by Gasteiger charge is 2.35. The van der Waals surface area contributed by atoms with E-state index in [1.165, 1.54) is 6.42 Å². The first-order valence-electron chi connectivity index (χ1n) is 7.28. The lowest BCUT2D eigenvalue weighted by molar-refractivity contribution is 0.0594. The number of halogens is 1. The number of fused-ring (bicyclic) bond motifs is 1. The van der Waals surface area contributed by atoms with Crippen LogP contribution in [-0.4, -0.2) is 24.5 Å². The Hall–Kier alpha value is -1.58. The number of piperidine rings is 1. The van der Waals surface area contributed by atoms with Gasteiger partial charge in [-0.1, -0.05) is 0 Å². The van der Waals surface area contributed by atoms with E-state index >= 15 is 0 Å². The van der Waals surface area contributed by atoms with Crippen LogP contribution < -0.4 is 9.64 Å². The van der Waals surface area contributed by atoms with Gasteiger partial charge in [0.1, 0.15) is 5.60 Å². The monoisotopic (exact) mass is 277 g/mol. The Kier molecular flexibility index (Phi) is 3.19. The predicted octanol–water partition coefficient (Wildman–Crippen LogP) is 3.56. The molecular formula is C16H20FNO2. The summed E-state index contributed by atoms with van der Waals surface area (Å²) in [4.78, 5) is 14.1. The molecule has 0 amide bonds. The highest BCUT2D eigenvalue weighted by Crippen LogP contribution is 2.39. The van der Waals surface area contributed by atoms with Gasteiger partial charge in [-0.05, 0) is 45.2 Å². The molecule has 0 spiro atoms. The first kappa shape index (κ1) is 13.4. The lowest BCUT2D eigenvalue weighted by atomic mass is 9.92. The fourth-order valence-corrected chi connectivity index (χ4v) is 3.04. The van der Waals surface area contributed by atoms with Crippen molar-refractivity contribution in [3.63, 3.8) is 0 Å². The van der Waals surface area contributed by atoms with Crippen molar-refractivity contribution in [2.45, 2.75) is 45.1 Å². The number of carbonyl (C=O) groups excluding carboxylic acids is 1. The first-order chi connectivity index (χ1) is 9.48. The van der Waals surface area contributed by atoms with Crippen LogP contribution in [0, 0.1) is 5.82 Å². The van der Waals surface area contributed by atoms with Gasteiger partial charge < -0.3 is 9.64 Å². The van der Waals surface area contributed by atoms with E-state index in [2.05, 4.69) is 4.90 Å². The van der Waals surface area contributed by atoms with Crippen LogP contribution in [0.4, 0.5) is 10.1 Å². The predicted molar refractivity (Wildman–Crippen MR) is 76.1 cm³/mol. The summed E-state index contributed by atoms with van der Waals surface area (Å²) in [5, 5.41) is 0. The van der Waals surface area contributed by atoms with Crippen molar-refractivity contribution in [1.82, 2.24) is 0 Å².